The summed E-state index contributed by atoms with van der Waals surface area (Å²) in [6.45, 7) is 0.787. The molecule has 1 aliphatic carbocycles. The average molecular weight is 481 g/mol. The van der Waals surface area contributed by atoms with Crippen LogP contribution in [-0.2, 0) is 19.4 Å². The number of anilines is 1. The van der Waals surface area contributed by atoms with Gasteiger partial charge in [-0.1, -0.05) is 54.6 Å². The number of hydrogen-bond donors (Lipinski definition) is 3. The number of H-pyrrole nitrogens is 1. The molecule has 1 aliphatic rings. The van der Waals surface area contributed by atoms with Crippen molar-refractivity contribution in [2.24, 2.45) is 0 Å². The van der Waals surface area contributed by atoms with Gasteiger partial charge in [-0.15, -0.1) is 0 Å². The van der Waals surface area contributed by atoms with E-state index in [0.717, 1.165) is 36.0 Å². The van der Waals surface area contributed by atoms with Crippen LogP contribution in [0.2, 0.25) is 0 Å². The maximum atomic E-state index is 12.8. The van der Waals surface area contributed by atoms with Gasteiger partial charge in [0.1, 0.15) is 0 Å². The Kier molecular flexibility index (Phi) is 6.91. The lowest BCUT2D eigenvalue weighted by molar-refractivity contribution is 0.102. The van der Waals surface area contributed by atoms with Crippen molar-refractivity contribution in [3.8, 4) is 0 Å². The molecule has 2 aromatic carbocycles. The Labute approximate surface area is 209 Å². The second-order valence-electron chi connectivity index (χ2n) is 9.06. The molecule has 0 bridgehead atoms. The largest absolute Gasteiger partial charge is 0.396 e. The minimum absolute atomic E-state index is 0.189. The first-order valence-electron chi connectivity index (χ1n) is 12.1. The molecule has 0 fully saturated rings. The molecule has 36 heavy (non-hydrogen) atoms. The van der Waals surface area contributed by atoms with Crippen molar-refractivity contribution in [1.82, 2.24) is 14.8 Å². The molecule has 2 heterocycles. The number of nitrogens with one attached hydrogen (secondary N) is 2. The lowest BCUT2D eigenvalue weighted by Gasteiger charge is -2.07. The third-order valence-corrected chi connectivity index (χ3v) is 6.38. The Balaban J connectivity index is 1.29. The third kappa shape index (κ3) is 5.37. The topological polar surface area (TPSA) is 100 Å². The smallest absolute Gasteiger partial charge is 0.258 e. The maximum absolute atomic E-state index is 12.8. The van der Waals surface area contributed by atoms with E-state index < -0.39 is 0 Å². The summed E-state index contributed by atoms with van der Waals surface area (Å²) in [6.07, 6.45) is 10.1. The summed E-state index contributed by atoms with van der Waals surface area (Å²) < 4.78 is 1.72. The molecule has 5 rings (SSSR count). The lowest BCUT2D eigenvalue weighted by atomic mass is 10.0. The first kappa shape index (κ1) is 23.5. The van der Waals surface area contributed by atoms with Crippen molar-refractivity contribution < 1.29 is 9.90 Å². The molecule has 182 valence electrons. The molecule has 4 aromatic rings. The number of unbranched alkanes of at least 4 members (excludes halogenated alkanes) is 1. The van der Waals surface area contributed by atoms with Gasteiger partial charge >= 0.3 is 0 Å². The molecule has 0 radical (unpaired) electrons. The Morgan fingerprint density at radius 3 is 2.78 bits per heavy atom. The number of benzene rings is 2. The van der Waals surface area contributed by atoms with Gasteiger partial charge < -0.3 is 15.4 Å². The number of carbonyl (C=O) groups is 1. The van der Waals surface area contributed by atoms with Gasteiger partial charge in [-0.25, -0.2) is 0 Å². The van der Waals surface area contributed by atoms with E-state index in [-0.39, 0.29) is 18.1 Å². The van der Waals surface area contributed by atoms with Gasteiger partial charge in [-0.3, -0.25) is 14.3 Å². The van der Waals surface area contributed by atoms with Crippen LogP contribution in [0.1, 0.15) is 51.0 Å². The molecule has 1 amide bonds. The highest BCUT2D eigenvalue weighted by Gasteiger charge is 2.18. The summed E-state index contributed by atoms with van der Waals surface area (Å²) in [5.74, 6) is -0.288. The van der Waals surface area contributed by atoms with Gasteiger partial charge in [-0.2, -0.15) is 5.10 Å². The van der Waals surface area contributed by atoms with Gasteiger partial charge in [0.2, 0.25) is 0 Å². The number of aliphatic hydroxyl groups is 1. The van der Waals surface area contributed by atoms with Crippen LogP contribution in [0, 0.1) is 0 Å². The first-order chi connectivity index (χ1) is 17.6. The fraction of sp³-hybridized carbons (Fsp3) is 0.207. The zero-order valence-corrected chi connectivity index (χ0v) is 19.9. The fourth-order valence-electron chi connectivity index (χ4n) is 4.49. The predicted octanol–water partition coefficient (Wildman–Crippen LogP) is 4.28. The molecule has 7 heteroatoms. The van der Waals surface area contributed by atoms with Crippen LogP contribution in [0.5, 0.6) is 0 Å². The van der Waals surface area contributed by atoms with E-state index in [1.807, 2.05) is 30.3 Å². The Morgan fingerprint density at radius 1 is 1.08 bits per heavy atom. The summed E-state index contributed by atoms with van der Waals surface area (Å²) in [7, 11) is 0. The minimum Gasteiger partial charge on any atom is -0.396 e. The summed E-state index contributed by atoms with van der Waals surface area (Å²) in [5.41, 5.74) is 6.86. The molecule has 0 atom stereocenters. The number of pyridine rings is 1. The fourth-order valence-corrected chi connectivity index (χ4v) is 4.49. The molecule has 3 N–H and O–H groups in total. The second-order valence-corrected chi connectivity index (χ2v) is 9.06. The molecule has 7 nitrogen and oxygen atoms in total. The average Bonchev–Trinajstić information content (AvgIpc) is 3.53. The molecule has 0 saturated carbocycles. The number of allylic oxidation sites excluding steroid dienone is 1. The van der Waals surface area contributed by atoms with Crippen LogP contribution < -0.4 is 10.9 Å². The number of amides is 1. The molecule has 2 aromatic heterocycles. The van der Waals surface area contributed by atoms with Crippen LogP contribution in [-0.4, -0.2) is 32.4 Å². The highest BCUT2D eigenvalue weighted by molar-refractivity contribution is 6.04. The van der Waals surface area contributed by atoms with Crippen LogP contribution in [0.4, 0.5) is 5.69 Å². The first-order valence-corrected chi connectivity index (χ1v) is 12.1. The predicted molar refractivity (Wildman–Crippen MR) is 141 cm³/mol. The standard InChI is InChI=1S/C29H28N4O3/c34-11-5-4-6-20-9-10-22-13-24(14-23(22)12-20)27-15-26(17-30-29(27)36)32-28(35)25-16-31-33(19-25)18-21-7-2-1-3-8-21/h1-3,7-10,12,14-17,19,34H,4-6,11,13,18H2,(H,30,36)(H,32,35). The minimum atomic E-state index is -0.288. The van der Waals surface area contributed by atoms with Crippen molar-refractivity contribution in [1.29, 1.82) is 0 Å². The summed E-state index contributed by atoms with van der Waals surface area (Å²) in [6, 6.07) is 18.0. The summed E-state index contributed by atoms with van der Waals surface area (Å²) in [5, 5.41) is 16.2. The number of rotatable bonds is 9. The number of aromatic nitrogens is 3. The maximum Gasteiger partial charge on any atom is 0.258 e. The normalized spacial score (nSPS) is 12.3. The quantitative estimate of drug-likeness (QED) is 0.311. The molecule has 0 aliphatic heterocycles. The van der Waals surface area contributed by atoms with Gasteiger partial charge in [0.05, 0.1) is 24.0 Å². The zero-order chi connectivity index (χ0) is 24.9. The van der Waals surface area contributed by atoms with Gasteiger partial charge in [-0.05, 0) is 59.6 Å². The van der Waals surface area contributed by atoms with Crippen molar-refractivity contribution in [2.45, 2.75) is 32.2 Å². The van der Waals surface area contributed by atoms with Crippen LogP contribution in [0.25, 0.3) is 11.6 Å². The Morgan fingerprint density at radius 2 is 1.94 bits per heavy atom. The Bertz CT molecular complexity index is 1470. The van der Waals surface area contributed by atoms with Gasteiger partial charge in [0.15, 0.2) is 0 Å². The van der Waals surface area contributed by atoms with E-state index in [9.17, 15) is 9.59 Å². The second kappa shape index (κ2) is 10.6. The Hall–Kier alpha value is -4.23. The highest BCUT2D eigenvalue weighted by Crippen LogP contribution is 2.32. The van der Waals surface area contributed by atoms with E-state index in [1.165, 1.54) is 17.3 Å². The monoisotopic (exact) mass is 480 g/mol. The number of carbonyl (C=O) groups excluding carboxylic acids is 1. The SMILES string of the molecule is O=C(Nc1c[nH]c(=O)c(C2=Cc3cc(CCCCO)ccc3C2)c1)c1cnn(Cc2ccccc2)c1. The van der Waals surface area contributed by atoms with E-state index >= 15 is 0 Å². The molecule has 0 unspecified atom stereocenters. The summed E-state index contributed by atoms with van der Waals surface area (Å²) >= 11 is 0. The van der Waals surface area contributed by atoms with Crippen molar-refractivity contribution in [3.05, 3.63) is 117 Å². The van der Waals surface area contributed by atoms with Gasteiger partial charge in [0.25, 0.3) is 11.5 Å². The van der Waals surface area contributed by atoms with Crippen LogP contribution in [0.15, 0.2) is 78.0 Å². The summed E-state index contributed by atoms with van der Waals surface area (Å²) in [4.78, 5) is 28.2. The molecule has 0 saturated heterocycles. The third-order valence-electron chi connectivity index (χ3n) is 6.38. The molecular weight excluding hydrogens is 452 g/mol. The molecule has 0 spiro atoms. The number of hydrogen-bond acceptors (Lipinski definition) is 4. The molecular formula is C29H28N4O3. The number of nitrogens with zero attached hydrogens (tertiary/aromatic N) is 2. The number of aryl methyl sites for hydroxylation is 1. The van der Waals surface area contributed by atoms with E-state index in [0.29, 0.717) is 29.8 Å². The lowest BCUT2D eigenvalue weighted by Crippen LogP contribution is -2.16. The number of aromatic amines is 1. The van der Waals surface area contributed by atoms with E-state index in [2.05, 4.69) is 39.7 Å². The van der Waals surface area contributed by atoms with Crippen molar-refractivity contribution >= 4 is 23.2 Å². The van der Waals surface area contributed by atoms with Crippen molar-refractivity contribution in [3.63, 3.8) is 0 Å². The van der Waals surface area contributed by atoms with Crippen LogP contribution in [0.3, 0.4) is 0 Å². The zero-order valence-electron chi connectivity index (χ0n) is 19.9. The van der Waals surface area contributed by atoms with E-state index in [4.69, 9.17) is 5.11 Å². The van der Waals surface area contributed by atoms with E-state index in [1.54, 1.807) is 23.1 Å². The van der Waals surface area contributed by atoms with Crippen molar-refractivity contribution in [2.75, 3.05) is 11.9 Å². The van der Waals surface area contributed by atoms with Crippen LogP contribution >= 0.6 is 0 Å². The highest BCUT2D eigenvalue weighted by atomic mass is 16.3. The number of aliphatic hydroxyl groups excluding tert-OH is 1. The number of fused-ring (bicyclic) bond motifs is 1. The van der Waals surface area contributed by atoms with Gasteiger partial charge in [0, 0.05) is 24.6 Å².